The lowest BCUT2D eigenvalue weighted by atomic mass is 10.1. The Morgan fingerprint density at radius 3 is 2.48 bits per heavy atom. The lowest BCUT2D eigenvalue weighted by Gasteiger charge is -2.28. The summed E-state index contributed by atoms with van der Waals surface area (Å²) in [6, 6.07) is 9.48. The fraction of sp³-hybridized carbons (Fsp3) is 0.565. The highest BCUT2D eigenvalue weighted by Gasteiger charge is 2.43. The lowest BCUT2D eigenvalue weighted by molar-refractivity contribution is 0.0913. The molecule has 1 aromatic heterocycles. The number of carbonyl (C=O) groups excluding carboxylic acids is 1. The summed E-state index contributed by atoms with van der Waals surface area (Å²) in [5, 5.41) is 3.08. The Kier molecular flexibility index (Phi) is 5.60. The van der Waals surface area contributed by atoms with Crippen molar-refractivity contribution in [2.75, 3.05) is 24.6 Å². The predicted molar refractivity (Wildman–Crippen MR) is 120 cm³/mol. The molecule has 0 bridgehead atoms. The van der Waals surface area contributed by atoms with E-state index in [9.17, 15) is 13.2 Å². The van der Waals surface area contributed by atoms with Gasteiger partial charge < -0.3 is 9.88 Å². The maximum absolute atomic E-state index is 13.4. The normalized spacial score (nSPS) is 25.8. The van der Waals surface area contributed by atoms with Crippen LogP contribution in [0.3, 0.4) is 0 Å². The SMILES string of the molecule is O=C(NC1CS(=O)(=O)CC1N1CCCC1)c1nc(-c2ccccc2)n2c1CCCCC2. The number of nitrogens with one attached hydrogen (secondary N) is 1. The molecule has 0 saturated carbocycles. The third-order valence-corrected chi connectivity index (χ3v) is 8.58. The average Bonchev–Trinajstić information content (AvgIpc) is 3.42. The van der Waals surface area contributed by atoms with Crippen molar-refractivity contribution in [2.45, 2.75) is 57.2 Å². The summed E-state index contributed by atoms with van der Waals surface area (Å²) >= 11 is 0. The monoisotopic (exact) mass is 442 g/mol. The third kappa shape index (κ3) is 4.15. The van der Waals surface area contributed by atoms with Crippen LogP contribution in [0.1, 0.15) is 48.3 Å². The summed E-state index contributed by atoms with van der Waals surface area (Å²) in [6.45, 7) is 2.67. The highest BCUT2D eigenvalue weighted by molar-refractivity contribution is 7.91. The molecule has 3 aliphatic heterocycles. The van der Waals surface area contributed by atoms with Gasteiger partial charge in [-0.3, -0.25) is 9.69 Å². The van der Waals surface area contributed by atoms with E-state index in [4.69, 9.17) is 4.98 Å². The Labute approximate surface area is 183 Å². The predicted octanol–water partition coefficient (Wildman–Crippen LogP) is 2.27. The molecule has 3 aliphatic rings. The molecular weight excluding hydrogens is 412 g/mol. The molecule has 1 amide bonds. The first-order valence-corrected chi connectivity index (χ1v) is 13.2. The molecule has 7 nitrogen and oxygen atoms in total. The number of fused-ring (bicyclic) bond motifs is 1. The van der Waals surface area contributed by atoms with Gasteiger partial charge in [-0.05, 0) is 45.2 Å². The number of rotatable bonds is 4. The zero-order chi connectivity index (χ0) is 21.4. The van der Waals surface area contributed by atoms with Crippen molar-refractivity contribution in [3.63, 3.8) is 0 Å². The summed E-state index contributed by atoms with van der Waals surface area (Å²) < 4.78 is 27.0. The van der Waals surface area contributed by atoms with Gasteiger partial charge in [0, 0.05) is 18.2 Å². The van der Waals surface area contributed by atoms with Crippen molar-refractivity contribution in [3.05, 3.63) is 41.7 Å². The van der Waals surface area contributed by atoms with Gasteiger partial charge >= 0.3 is 0 Å². The van der Waals surface area contributed by atoms with Crippen molar-refractivity contribution in [3.8, 4) is 11.4 Å². The van der Waals surface area contributed by atoms with Crippen LogP contribution in [0.15, 0.2) is 30.3 Å². The molecule has 4 heterocycles. The van der Waals surface area contributed by atoms with Gasteiger partial charge in [-0.15, -0.1) is 0 Å². The van der Waals surface area contributed by atoms with Crippen LogP contribution >= 0.6 is 0 Å². The fourth-order valence-electron chi connectivity index (χ4n) is 5.35. The van der Waals surface area contributed by atoms with Gasteiger partial charge in [0.2, 0.25) is 0 Å². The van der Waals surface area contributed by atoms with Crippen LogP contribution < -0.4 is 5.32 Å². The number of amides is 1. The van der Waals surface area contributed by atoms with Crippen molar-refractivity contribution >= 4 is 15.7 Å². The number of benzene rings is 1. The molecule has 166 valence electrons. The van der Waals surface area contributed by atoms with Crippen LogP contribution in [0.2, 0.25) is 0 Å². The van der Waals surface area contributed by atoms with Crippen LogP contribution in [0.5, 0.6) is 0 Å². The molecule has 5 rings (SSSR count). The summed E-state index contributed by atoms with van der Waals surface area (Å²) in [5.41, 5.74) is 2.45. The Morgan fingerprint density at radius 1 is 0.968 bits per heavy atom. The van der Waals surface area contributed by atoms with Crippen LogP contribution in [0.4, 0.5) is 0 Å². The summed E-state index contributed by atoms with van der Waals surface area (Å²) in [6.07, 6.45) is 6.24. The first-order valence-electron chi connectivity index (χ1n) is 11.4. The Hall–Kier alpha value is -2.19. The number of hydrogen-bond acceptors (Lipinski definition) is 5. The molecule has 1 aromatic carbocycles. The maximum Gasteiger partial charge on any atom is 0.272 e. The van der Waals surface area contributed by atoms with E-state index in [-0.39, 0.29) is 29.5 Å². The number of sulfone groups is 1. The van der Waals surface area contributed by atoms with E-state index >= 15 is 0 Å². The quantitative estimate of drug-likeness (QED) is 0.785. The van der Waals surface area contributed by atoms with E-state index in [0.29, 0.717) is 5.69 Å². The Morgan fingerprint density at radius 2 is 1.71 bits per heavy atom. The topological polar surface area (TPSA) is 84.3 Å². The van der Waals surface area contributed by atoms with Gasteiger partial charge in [-0.1, -0.05) is 36.8 Å². The number of aromatic nitrogens is 2. The highest BCUT2D eigenvalue weighted by Crippen LogP contribution is 2.28. The number of likely N-dealkylation sites (tertiary alicyclic amines) is 1. The van der Waals surface area contributed by atoms with Crippen molar-refractivity contribution < 1.29 is 13.2 Å². The van der Waals surface area contributed by atoms with Gasteiger partial charge in [0.1, 0.15) is 11.5 Å². The second-order valence-corrected chi connectivity index (χ2v) is 11.2. The number of hydrogen-bond donors (Lipinski definition) is 1. The van der Waals surface area contributed by atoms with E-state index in [0.717, 1.165) is 75.2 Å². The molecule has 1 N–H and O–H groups in total. The molecule has 0 aliphatic carbocycles. The number of nitrogens with zero attached hydrogens (tertiary/aromatic N) is 3. The van der Waals surface area contributed by atoms with Crippen molar-refractivity contribution in [1.82, 2.24) is 19.8 Å². The average molecular weight is 443 g/mol. The van der Waals surface area contributed by atoms with Crippen LogP contribution in [0, 0.1) is 0 Å². The van der Waals surface area contributed by atoms with E-state index < -0.39 is 9.84 Å². The number of carbonyl (C=O) groups is 1. The van der Waals surface area contributed by atoms with Crippen molar-refractivity contribution in [2.24, 2.45) is 0 Å². The molecule has 2 aromatic rings. The molecule has 2 unspecified atom stereocenters. The zero-order valence-electron chi connectivity index (χ0n) is 17.8. The minimum atomic E-state index is -3.15. The van der Waals surface area contributed by atoms with E-state index in [1.54, 1.807) is 0 Å². The second kappa shape index (κ2) is 8.39. The van der Waals surface area contributed by atoms with Gasteiger partial charge in [-0.2, -0.15) is 0 Å². The molecular formula is C23H30N4O3S. The van der Waals surface area contributed by atoms with E-state index in [2.05, 4.69) is 14.8 Å². The largest absolute Gasteiger partial charge is 0.345 e. The standard InChI is InChI=1S/C23H30N4O3S/c28-23(24-18-15-31(29,30)16-20(18)26-12-7-8-13-26)21-19-11-5-2-6-14-27(19)22(25-21)17-9-3-1-4-10-17/h1,3-4,9-10,18,20H,2,5-8,11-16H2,(H,24,28). The zero-order valence-corrected chi connectivity index (χ0v) is 18.6. The van der Waals surface area contributed by atoms with E-state index in [1.807, 2.05) is 30.3 Å². The van der Waals surface area contributed by atoms with Gasteiger partial charge in [0.25, 0.3) is 5.91 Å². The summed E-state index contributed by atoms with van der Waals surface area (Å²) in [7, 11) is -3.15. The summed E-state index contributed by atoms with van der Waals surface area (Å²) in [5.74, 6) is 0.743. The van der Waals surface area contributed by atoms with Gasteiger partial charge in [0.15, 0.2) is 9.84 Å². The molecule has 2 saturated heterocycles. The Balaban J connectivity index is 1.45. The molecule has 8 heteroatoms. The van der Waals surface area contributed by atoms with Crippen molar-refractivity contribution in [1.29, 1.82) is 0 Å². The smallest absolute Gasteiger partial charge is 0.272 e. The van der Waals surface area contributed by atoms with Crippen LogP contribution in [-0.4, -0.2) is 65.5 Å². The number of imidazole rings is 1. The first-order chi connectivity index (χ1) is 15.0. The molecule has 0 radical (unpaired) electrons. The lowest BCUT2D eigenvalue weighted by Crippen LogP contribution is -2.50. The van der Waals surface area contributed by atoms with Crippen LogP contribution in [0.25, 0.3) is 11.4 Å². The minimum Gasteiger partial charge on any atom is -0.345 e. The summed E-state index contributed by atoms with van der Waals surface area (Å²) in [4.78, 5) is 20.4. The molecule has 31 heavy (non-hydrogen) atoms. The minimum absolute atomic E-state index is 0.0154. The second-order valence-electron chi connectivity index (χ2n) is 9.03. The third-order valence-electron chi connectivity index (χ3n) is 6.86. The maximum atomic E-state index is 13.4. The van der Waals surface area contributed by atoms with Gasteiger partial charge in [-0.25, -0.2) is 13.4 Å². The molecule has 2 atom stereocenters. The fourth-order valence-corrected chi connectivity index (χ4v) is 7.30. The highest BCUT2D eigenvalue weighted by atomic mass is 32.2. The van der Waals surface area contributed by atoms with Gasteiger partial charge in [0.05, 0.1) is 23.2 Å². The molecule has 2 fully saturated rings. The van der Waals surface area contributed by atoms with E-state index in [1.165, 1.54) is 0 Å². The molecule has 0 spiro atoms. The Bertz CT molecular complexity index is 1060. The first kappa shape index (κ1) is 20.7. The van der Waals surface area contributed by atoms with Crippen LogP contribution in [-0.2, 0) is 22.8 Å².